The number of benzene rings is 2. The van der Waals surface area contributed by atoms with Crippen molar-refractivity contribution in [2.24, 2.45) is 5.92 Å². The molecule has 2 N–H and O–H groups in total. The highest BCUT2D eigenvalue weighted by atomic mass is 16.5. The number of anilines is 1. The average molecular weight is 354 g/mol. The van der Waals surface area contributed by atoms with Gasteiger partial charge in [0.15, 0.2) is 0 Å². The molecule has 0 heterocycles. The van der Waals surface area contributed by atoms with Gasteiger partial charge < -0.3 is 15.4 Å². The van der Waals surface area contributed by atoms with Gasteiger partial charge in [0.1, 0.15) is 5.75 Å². The Morgan fingerprint density at radius 3 is 2.38 bits per heavy atom. The van der Waals surface area contributed by atoms with Crippen molar-refractivity contribution in [2.75, 3.05) is 18.5 Å². The van der Waals surface area contributed by atoms with Crippen LogP contribution in [-0.4, -0.2) is 25.0 Å². The highest BCUT2D eigenvalue weighted by molar-refractivity contribution is 6.05. The van der Waals surface area contributed by atoms with E-state index in [4.69, 9.17) is 4.74 Å². The van der Waals surface area contributed by atoms with Gasteiger partial charge in [-0.15, -0.1) is 0 Å². The molecule has 0 saturated heterocycles. The zero-order chi connectivity index (χ0) is 18.9. The number of carbonyl (C=O) groups is 2. The van der Waals surface area contributed by atoms with Crippen LogP contribution in [-0.2, 0) is 0 Å². The quantitative estimate of drug-likeness (QED) is 0.749. The van der Waals surface area contributed by atoms with Crippen molar-refractivity contribution in [3.8, 4) is 5.75 Å². The van der Waals surface area contributed by atoms with Crippen molar-refractivity contribution >= 4 is 17.5 Å². The van der Waals surface area contributed by atoms with Crippen molar-refractivity contribution in [1.29, 1.82) is 0 Å². The van der Waals surface area contributed by atoms with E-state index in [1.807, 2.05) is 6.92 Å². The molecule has 0 aliphatic rings. The lowest BCUT2D eigenvalue weighted by Gasteiger charge is -2.10. The summed E-state index contributed by atoms with van der Waals surface area (Å²) in [5.74, 6) is 0.811. The van der Waals surface area contributed by atoms with Crippen LogP contribution in [0.5, 0.6) is 5.75 Å². The van der Waals surface area contributed by atoms with Gasteiger partial charge >= 0.3 is 0 Å². The van der Waals surface area contributed by atoms with Crippen LogP contribution < -0.4 is 15.4 Å². The van der Waals surface area contributed by atoms with Crippen molar-refractivity contribution in [3.05, 3.63) is 59.7 Å². The maximum atomic E-state index is 12.4. The Labute approximate surface area is 154 Å². The van der Waals surface area contributed by atoms with Gasteiger partial charge in [-0.3, -0.25) is 9.59 Å². The van der Waals surface area contributed by atoms with E-state index in [0.29, 0.717) is 35.9 Å². The molecule has 2 amide bonds. The molecule has 5 heteroatoms. The summed E-state index contributed by atoms with van der Waals surface area (Å²) in [6.07, 6.45) is 0.874. The topological polar surface area (TPSA) is 67.4 Å². The molecule has 0 bridgehead atoms. The summed E-state index contributed by atoms with van der Waals surface area (Å²) in [7, 11) is 0. The molecular formula is C21H26N2O3. The minimum atomic E-state index is -0.230. The summed E-state index contributed by atoms with van der Waals surface area (Å²) in [6, 6.07) is 13.9. The summed E-state index contributed by atoms with van der Waals surface area (Å²) in [5.41, 5.74) is 1.63. The monoisotopic (exact) mass is 354 g/mol. The van der Waals surface area contributed by atoms with Gasteiger partial charge in [0, 0.05) is 23.4 Å². The molecule has 2 aromatic rings. The third-order valence-electron chi connectivity index (χ3n) is 3.62. The summed E-state index contributed by atoms with van der Waals surface area (Å²) < 4.78 is 5.62. The fourth-order valence-corrected chi connectivity index (χ4v) is 2.25. The molecule has 0 unspecified atom stereocenters. The molecule has 2 rings (SSSR count). The Balaban J connectivity index is 1.99. The van der Waals surface area contributed by atoms with Crippen LogP contribution in [0.2, 0.25) is 0 Å². The summed E-state index contributed by atoms with van der Waals surface area (Å²) in [5, 5.41) is 5.64. The standard InChI is InChI=1S/C21H26N2O3/c1-4-12-22-20(24)17-6-5-7-18(13-17)23-21(25)16-8-10-19(11-9-16)26-14-15(2)3/h5-11,13,15H,4,12,14H2,1-3H3,(H,22,24)(H,23,25). The second-order valence-electron chi connectivity index (χ2n) is 6.52. The highest BCUT2D eigenvalue weighted by Crippen LogP contribution is 2.16. The van der Waals surface area contributed by atoms with E-state index in [9.17, 15) is 9.59 Å². The fourth-order valence-electron chi connectivity index (χ4n) is 2.25. The minimum absolute atomic E-state index is 0.144. The number of ether oxygens (including phenoxy) is 1. The lowest BCUT2D eigenvalue weighted by Crippen LogP contribution is -2.24. The first-order valence-corrected chi connectivity index (χ1v) is 8.92. The van der Waals surface area contributed by atoms with Crippen LogP contribution in [0.1, 0.15) is 47.9 Å². The molecule has 2 aromatic carbocycles. The third-order valence-corrected chi connectivity index (χ3v) is 3.62. The van der Waals surface area contributed by atoms with Crippen molar-refractivity contribution in [3.63, 3.8) is 0 Å². The summed E-state index contributed by atoms with van der Waals surface area (Å²) in [6.45, 7) is 7.42. The Hall–Kier alpha value is -2.82. The predicted molar refractivity (Wildman–Crippen MR) is 104 cm³/mol. The second kappa shape index (κ2) is 9.61. The fraction of sp³-hybridized carbons (Fsp3) is 0.333. The molecule has 26 heavy (non-hydrogen) atoms. The molecule has 0 radical (unpaired) electrons. The molecule has 0 fully saturated rings. The van der Waals surface area contributed by atoms with Gasteiger partial charge in [-0.05, 0) is 54.8 Å². The predicted octanol–water partition coefficient (Wildman–Crippen LogP) is 4.11. The van der Waals surface area contributed by atoms with Crippen molar-refractivity contribution < 1.29 is 14.3 Å². The van der Waals surface area contributed by atoms with Gasteiger partial charge in [0.05, 0.1) is 6.61 Å². The van der Waals surface area contributed by atoms with Crippen LogP contribution in [0.15, 0.2) is 48.5 Å². The molecule has 138 valence electrons. The van der Waals surface area contributed by atoms with E-state index in [-0.39, 0.29) is 11.8 Å². The van der Waals surface area contributed by atoms with Gasteiger partial charge in [0.25, 0.3) is 11.8 Å². The molecule has 0 aromatic heterocycles. The number of carbonyl (C=O) groups excluding carboxylic acids is 2. The van der Waals surface area contributed by atoms with Crippen LogP contribution in [0.4, 0.5) is 5.69 Å². The number of hydrogen-bond acceptors (Lipinski definition) is 3. The highest BCUT2D eigenvalue weighted by Gasteiger charge is 2.09. The van der Waals surface area contributed by atoms with Gasteiger partial charge in [-0.2, -0.15) is 0 Å². The SMILES string of the molecule is CCCNC(=O)c1cccc(NC(=O)c2ccc(OCC(C)C)cc2)c1. The van der Waals surface area contributed by atoms with E-state index >= 15 is 0 Å². The zero-order valence-electron chi connectivity index (χ0n) is 15.5. The largest absolute Gasteiger partial charge is 0.493 e. The zero-order valence-corrected chi connectivity index (χ0v) is 15.5. The van der Waals surface area contributed by atoms with Crippen LogP contribution in [0.3, 0.4) is 0 Å². The Morgan fingerprint density at radius 2 is 1.73 bits per heavy atom. The molecule has 0 spiro atoms. The maximum Gasteiger partial charge on any atom is 0.255 e. The first-order valence-electron chi connectivity index (χ1n) is 8.92. The summed E-state index contributed by atoms with van der Waals surface area (Å²) in [4.78, 5) is 24.4. The molecule has 0 atom stereocenters. The van der Waals surface area contributed by atoms with Gasteiger partial charge in [0.2, 0.25) is 0 Å². The number of hydrogen-bond donors (Lipinski definition) is 2. The van der Waals surface area contributed by atoms with Gasteiger partial charge in [-0.1, -0.05) is 26.8 Å². The normalized spacial score (nSPS) is 10.5. The molecule has 0 aliphatic carbocycles. The lowest BCUT2D eigenvalue weighted by molar-refractivity contribution is 0.0952. The van der Waals surface area contributed by atoms with E-state index in [1.54, 1.807) is 48.5 Å². The Kier molecular flexibility index (Phi) is 7.21. The maximum absolute atomic E-state index is 12.4. The Morgan fingerprint density at radius 1 is 1.00 bits per heavy atom. The van der Waals surface area contributed by atoms with Crippen LogP contribution >= 0.6 is 0 Å². The second-order valence-corrected chi connectivity index (χ2v) is 6.52. The van der Waals surface area contributed by atoms with Gasteiger partial charge in [-0.25, -0.2) is 0 Å². The van der Waals surface area contributed by atoms with E-state index in [1.165, 1.54) is 0 Å². The Bertz CT molecular complexity index is 739. The first kappa shape index (κ1) is 19.5. The lowest BCUT2D eigenvalue weighted by atomic mass is 10.1. The van der Waals surface area contributed by atoms with E-state index < -0.39 is 0 Å². The van der Waals surface area contributed by atoms with Crippen LogP contribution in [0, 0.1) is 5.92 Å². The summed E-state index contributed by atoms with van der Waals surface area (Å²) >= 11 is 0. The minimum Gasteiger partial charge on any atom is -0.493 e. The number of nitrogens with one attached hydrogen (secondary N) is 2. The van der Waals surface area contributed by atoms with Crippen LogP contribution in [0.25, 0.3) is 0 Å². The average Bonchev–Trinajstić information content (AvgIpc) is 2.65. The van der Waals surface area contributed by atoms with E-state index in [0.717, 1.165) is 12.2 Å². The number of rotatable bonds is 8. The van der Waals surface area contributed by atoms with E-state index in [2.05, 4.69) is 24.5 Å². The smallest absolute Gasteiger partial charge is 0.255 e. The van der Waals surface area contributed by atoms with Crippen molar-refractivity contribution in [2.45, 2.75) is 27.2 Å². The molecule has 0 saturated carbocycles. The molecule has 0 aliphatic heterocycles. The molecular weight excluding hydrogens is 328 g/mol. The molecule has 5 nitrogen and oxygen atoms in total. The number of amides is 2. The third kappa shape index (κ3) is 5.92. The first-order chi connectivity index (χ1) is 12.5. The van der Waals surface area contributed by atoms with Crippen molar-refractivity contribution in [1.82, 2.24) is 5.32 Å².